The predicted octanol–water partition coefficient (Wildman–Crippen LogP) is 2.73. The van der Waals surface area contributed by atoms with Gasteiger partial charge in [0.05, 0.1) is 17.6 Å². The molecule has 1 heterocycles. The number of nitrogens with zero attached hydrogens (tertiary/aromatic N) is 2. The van der Waals surface area contributed by atoms with E-state index in [2.05, 4.69) is 14.9 Å². The second-order valence-corrected chi connectivity index (χ2v) is 8.20. The number of benzene rings is 1. The van der Waals surface area contributed by atoms with Gasteiger partial charge in [-0.05, 0) is 24.6 Å². The van der Waals surface area contributed by atoms with E-state index >= 15 is 0 Å². The van der Waals surface area contributed by atoms with Gasteiger partial charge in [0.2, 0.25) is 21.7 Å². The number of hydrogen-bond acceptors (Lipinski definition) is 6. The minimum Gasteiger partial charge on any atom is -0.496 e. The molecular weight excluding hydrogens is 330 g/mol. The van der Waals surface area contributed by atoms with Crippen molar-refractivity contribution in [2.75, 3.05) is 13.7 Å². The Morgan fingerprint density at radius 2 is 2.00 bits per heavy atom. The second-order valence-electron chi connectivity index (χ2n) is 6.43. The van der Waals surface area contributed by atoms with E-state index in [0.717, 1.165) is 0 Å². The van der Waals surface area contributed by atoms with Crippen LogP contribution in [0, 0.1) is 0 Å². The summed E-state index contributed by atoms with van der Waals surface area (Å²) < 4.78 is 37.8. The molecule has 1 aromatic carbocycles. The van der Waals surface area contributed by atoms with Crippen LogP contribution < -0.4 is 9.46 Å². The molecule has 2 rings (SSSR count). The monoisotopic (exact) mass is 353 g/mol. The van der Waals surface area contributed by atoms with E-state index in [1.807, 2.05) is 27.7 Å². The highest BCUT2D eigenvalue weighted by Gasteiger charge is 2.24. The largest absolute Gasteiger partial charge is 0.496 e. The van der Waals surface area contributed by atoms with Gasteiger partial charge < -0.3 is 9.26 Å². The molecule has 0 atom stereocenters. The van der Waals surface area contributed by atoms with E-state index in [1.165, 1.54) is 19.2 Å². The van der Waals surface area contributed by atoms with Crippen molar-refractivity contribution in [1.82, 2.24) is 14.9 Å². The van der Waals surface area contributed by atoms with Gasteiger partial charge in [0, 0.05) is 12.0 Å². The molecule has 0 aliphatic heterocycles. The fraction of sp³-hybridized carbons (Fsp3) is 0.500. The van der Waals surface area contributed by atoms with E-state index in [-0.39, 0.29) is 10.3 Å². The highest BCUT2D eigenvalue weighted by atomic mass is 32.2. The maximum Gasteiger partial charge on any atom is 0.240 e. The summed E-state index contributed by atoms with van der Waals surface area (Å²) in [7, 11) is -2.08. The molecule has 2 aromatic rings. The van der Waals surface area contributed by atoms with Crippen LogP contribution in [0.1, 0.15) is 40.0 Å². The van der Waals surface area contributed by atoms with Crippen LogP contribution in [0.25, 0.3) is 11.4 Å². The average molecular weight is 353 g/mol. The minimum absolute atomic E-state index is 0.133. The zero-order valence-electron chi connectivity index (χ0n) is 14.6. The van der Waals surface area contributed by atoms with Gasteiger partial charge >= 0.3 is 0 Å². The maximum absolute atomic E-state index is 12.3. The highest BCUT2D eigenvalue weighted by molar-refractivity contribution is 7.89. The Balaban J connectivity index is 2.49. The van der Waals surface area contributed by atoms with Gasteiger partial charge in [0.15, 0.2) is 0 Å². The molecular formula is C16H23N3O4S. The molecule has 0 bridgehead atoms. The molecule has 0 aliphatic rings. The van der Waals surface area contributed by atoms with Crippen LogP contribution >= 0.6 is 0 Å². The number of nitrogens with one attached hydrogen (secondary N) is 1. The van der Waals surface area contributed by atoms with E-state index in [4.69, 9.17) is 9.26 Å². The summed E-state index contributed by atoms with van der Waals surface area (Å²) in [5, 5.41) is 3.97. The third-order valence-electron chi connectivity index (χ3n) is 3.33. The number of ether oxygens (including phenoxy) is 1. The Kier molecular flexibility index (Phi) is 5.29. The first-order valence-electron chi connectivity index (χ1n) is 7.71. The lowest BCUT2D eigenvalue weighted by molar-refractivity contribution is 0.321. The lowest BCUT2D eigenvalue weighted by atomic mass is 9.97. The van der Waals surface area contributed by atoms with Crippen molar-refractivity contribution in [3.63, 3.8) is 0 Å². The average Bonchev–Trinajstić information content (AvgIpc) is 3.02. The lowest BCUT2D eigenvalue weighted by Crippen LogP contribution is -2.24. The lowest BCUT2D eigenvalue weighted by Gasteiger charge is -2.11. The molecule has 0 amide bonds. The second kappa shape index (κ2) is 6.90. The molecule has 24 heavy (non-hydrogen) atoms. The topological polar surface area (TPSA) is 94.3 Å². The van der Waals surface area contributed by atoms with E-state index in [1.54, 1.807) is 6.07 Å². The van der Waals surface area contributed by atoms with Crippen LogP contribution in [0.15, 0.2) is 27.6 Å². The Bertz CT molecular complexity index is 807. The molecule has 0 unspecified atom stereocenters. The number of hydrogen-bond donors (Lipinski definition) is 1. The third kappa shape index (κ3) is 3.93. The molecule has 0 saturated heterocycles. The summed E-state index contributed by atoms with van der Waals surface area (Å²) in [4.78, 5) is 4.51. The quantitative estimate of drug-likeness (QED) is 0.858. The zero-order valence-corrected chi connectivity index (χ0v) is 15.4. The molecule has 132 valence electrons. The Morgan fingerprint density at radius 1 is 1.29 bits per heavy atom. The molecule has 7 nitrogen and oxygen atoms in total. The van der Waals surface area contributed by atoms with Crippen molar-refractivity contribution in [3.8, 4) is 17.1 Å². The van der Waals surface area contributed by atoms with Crippen molar-refractivity contribution in [1.29, 1.82) is 0 Å². The van der Waals surface area contributed by atoms with Gasteiger partial charge in [-0.3, -0.25) is 0 Å². The SMILES string of the molecule is CCCNS(=O)(=O)c1ccc(OC)c(-c2noc(C(C)(C)C)n2)c1. The summed E-state index contributed by atoms with van der Waals surface area (Å²) in [5.74, 6) is 1.24. The molecule has 8 heteroatoms. The van der Waals surface area contributed by atoms with Gasteiger partial charge in [0.1, 0.15) is 5.75 Å². The normalized spacial score (nSPS) is 12.4. The smallest absolute Gasteiger partial charge is 0.240 e. The zero-order chi connectivity index (χ0) is 18.0. The first-order valence-corrected chi connectivity index (χ1v) is 9.19. The van der Waals surface area contributed by atoms with Crippen LogP contribution in [0.4, 0.5) is 0 Å². The van der Waals surface area contributed by atoms with Crippen molar-refractivity contribution in [2.45, 2.75) is 44.4 Å². The van der Waals surface area contributed by atoms with Crippen LogP contribution in [-0.2, 0) is 15.4 Å². The van der Waals surface area contributed by atoms with Crippen molar-refractivity contribution in [3.05, 3.63) is 24.1 Å². The summed E-state index contributed by atoms with van der Waals surface area (Å²) in [5.41, 5.74) is 0.168. The summed E-state index contributed by atoms with van der Waals surface area (Å²) in [6, 6.07) is 4.57. The minimum atomic E-state index is -3.59. The van der Waals surface area contributed by atoms with Gasteiger partial charge in [-0.25, -0.2) is 13.1 Å². The predicted molar refractivity (Wildman–Crippen MR) is 90.5 cm³/mol. The fourth-order valence-electron chi connectivity index (χ4n) is 1.99. The Labute approximate surface area is 142 Å². The number of aromatic nitrogens is 2. The van der Waals surface area contributed by atoms with E-state index in [0.29, 0.717) is 36.0 Å². The van der Waals surface area contributed by atoms with E-state index < -0.39 is 10.0 Å². The van der Waals surface area contributed by atoms with Crippen molar-refractivity contribution < 1.29 is 17.7 Å². The van der Waals surface area contributed by atoms with Crippen LogP contribution in [-0.4, -0.2) is 32.2 Å². The molecule has 0 spiro atoms. The maximum atomic E-state index is 12.3. The van der Waals surface area contributed by atoms with Crippen LogP contribution in [0.2, 0.25) is 0 Å². The standard InChI is InChI=1S/C16H23N3O4S/c1-6-9-17-24(20,21)11-7-8-13(22-5)12(10-11)14-18-15(23-19-14)16(2,3)4/h7-8,10,17H,6,9H2,1-5H3. The first kappa shape index (κ1) is 18.4. The molecule has 0 aliphatic carbocycles. The Hall–Kier alpha value is -1.93. The number of methoxy groups -OCH3 is 1. The van der Waals surface area contributed by atoms with Crippen molar-refractivity contribution >= 4 is 10.0 Å². The molecule has 1 N–H and O–H groups in total. The van der Waals surface area contributed by atoms with Crippen molar-refractivity contribution in [2.24, 2.45) is 0 Å². The van der Waals surface area contributed by atoms with Gasteiger partial charge in [-0.2, -0.15) is 4.98 Å². The Morgan fingerprint density at radius 3 is 2.54 bits per heavy atom. The molecule has 1 aromatic heterocycles. The third-order valence-corrected chi connectivity index (χ3v) is 4.79. The number of sulfonamides is 1. The van der Waals surface area contributed by atoms with Crippen LogP contribution in [0.5, 0.6) is 5.75 Å². The van der Waals surface area contributed by atoms with Crippen LogP contribution in [0.3, 0.4) is 0 Å². The molecule has 0 radical (unpaired) electrons. The summed E-state index contributed by atoms with van der Waals surface area (Å²) >= 11 is 0. The van der Waals surface area contributed by atoms with Gasteiger partial charge in [-0.1, -0.05) is 32.9 Å². The molecule has 0 saturated carbocycles. The van der Waals surface area contributed by atoms with Gasteiger partial charge in [-0.15, -0.1) is 0 Å². The first-order chi connectivity index (χ1) is 11.2. The fourth-order valence-corrected chi connectivity index (χ4v) is 3.15. The molecule has 0 fully saturated rings. The van der Waals surface area contributed by atoms with E-state index in [9.17, 15) is 8.42 Å². The summed E-state index contributed by atoms with van der Waals surface area (Å²) in [6.07, 6.45) is 0.710. The number of rotatable bonds is 6. The highest BCUT2D eigenvalue weighted by Crippen LogP contribution is 2.32. The van der Waals surface area contributed by atoms with Gasteiger partial charge in [0.25, 0.3) is 0 Å². The summed E-state index contributed by atoms with van der Waals surface area (Å²) in [6.45, 7) is 8.14.